The number of hydrogen-bond donors (Lipinski definition) is 2. The molecule has 0 unspecified atom stereocenters. The first-order chi connectivity index (χ1) is 9.69. The van der Waals surface area contributed by atoms with Crippen molar-refractivity contribution < 1.29 is 9.53 Å². The van der Waals surface area contributed by atoms with E-state index < -0.39 is 0 Å². The fourth-order valence-electron chi connectivity index (χ4n) is 2.72. The van der Waals surface area contributed by atoms with E-state index in [1.165, 1.54) is 18.4 Å². The van der Waals surface area contributed by atoms with E-state index >= 15 is 0 Å². The second-order valence-electron chi connectivity index (χ2n) is 5.45. The van der Waals surface area contributed by atoms with Gasteiger partial charge in [0.1, 0.15) is 5.75 Å². The van der Waals surface area contributed by atoms with E-state index in [1.807, 2.05) is 12.1 Å². The fourth-order valence-corrected chi connectivity index (χ4v) is 2.72. The highest BCUT2D eigenvalue weighted by Crippen LogP contribution is 2.20. The van der Waals surface area contributed by atoms with Crippen LogP contribution < -0.4 is 15.4 Å². The van der Waals surface area contributed by atoms with Crippen molar-refractivity contribution in [2.24, 2.45) is 0 Å². The predicted octanol–water partition coefficient (Wildman–Crippen LogP) is 2.79. The van der Waals surface area contributed by atoms with Crippen LogP contribution in [-0.4, -0.2) is 25.7 Å². The van der Waals surface area contributed by atoms with Gasteiger partial charge in [-0.05, 0) is 37.8 Å². The van der Waals surface area contributed by atoms with Gasteiger partial charge in [0.15, 0.2) is 0 Å². The SMILES string of the molecule is COc1ccc(C)cc1CCNC(=O)NC1CCCC1. The van der Waals surface area contributed by atoms with Gasteiger partial charge in [0.05, 0.1) is 7.11 Å². The number of ether oxygens (including phenoxy) is 1. The third-order valence-electron chi connectivity index (χ3n) is 3.81. The summed E-state index contributed by atoms with van der Waals surface area (Å²) in [5.41, 5.74) is 2.34. The summed E-state index contributed by atoms with van der Waals surface area (Å²) in [6.45, 7) is 2.68. The normalized spacial score (nSPS) is 15.1. The number of hydrogen-bond acceptors (Lipinski definition) is 2. The molecule has 4 heteroatoms. The second-order valence-corrected chi connectivity index (χ2v) is 5.45. The predicted molar refractivity (Wildman–Crippen MR) is 80.2 cm³/mol. The summed E-state index contributed by atoms with van der Waals surface area (Å²) in [6.07, 6.45) is 5.46. The van der Waals surface area contributed by atoms with Crippen LogP contribution in [0.15, 0.2) is 18.2 Å². The molecule has 110 valence electrons. The highest BCUT2D eigenvalue weighted by molar-refractivity contribution is 5.74. The molecule has 1 aliphatic rings. The van der Waals surface area contributed by atoms with Gasteiger partial charge in [-0.1, -0.05) is 30.5 Å². The first kappa shape index (κ1) is 14.7. The lowest BCUT2D eigenvalue weighted by Crippen LogP contribution is -2.41. The molecule has 0 radical (unpaired) electrons. The van der Waals surface area contributed by atoms with Crippen molar-refractivity contribution in [2.75, 3.05) is 13.7 Å². The summed E-state index contributed by atoms with van der Waals surface area (Å²) in [6, 6.07) is 6.42. The van der Waals surface area contributed by atoms with E-state index in [1.54, 1.807) is 7.11 Å². The zero-order chi connectivity index (χ0) is 14.4. The summed E-state index contributed by atoms with van der Waals surface area (Å²) in [7, 11) is 1.67. The second kappa shape index (κ2) is 7.17. The van der Waals surface area contributed by atoms with E-state index in [9.17, 15) is 4.79 Å². The molecule has 0 atom stereocenters. The Morgan fingerprint density at radius 2 is 2.10 bits per heavy atom. The minimum absolute atomic E-state index is 0.0523. The molecular formula is C16H24N2O2. The van der Waals surface area contributed by atoms with Crippen LogP contribution in [0.5, 0.6) is 5.75 Å². The van der Waals surface area contributed by atoms with Crippen LogP contribution in [0.3, 0.4) is 0 Å². The van der Waals surface area contributed by atoms with E-state index in [0.29, 0.717) is 12.6 Å². The largest absolute Gasteiger partial charge is 0.496 e. The molecule has 0 spiro atoms. The third-order valence-corrected chi connectivity index (χ3v) is 3.81. The Morgan fingerprint density at radius 1 is 1.35 bits per heavy atom. The Morgan fingerprint density at radius 3 is 2.80 bits per heavy atom. The van der Waals surface area contributed by atoms with Crippen molar-refractivity contribution in [1.82, 2.24) is 10.6 Å². The summed E-state index contributed by atoms with van der Waals surface area (Å²) in [5, 5.41) is 5.95. The quantitative estimate of drug-likeness (QED) is 0.869. The molecule has 0 bridgehead atoms. The van der Waals surface area contributed by atoms with Gasteiger partial charge in [0, 0.05) is 12.6 Å². The first-order valence-corrected chi connectivity index (χ1v) is 7.37. The molecule has 2 rings (SSSR count). The summed E-state index contributed by atoms with van der Waals surface area (Å²) >= 11 is 0. The minimum Gasteiger partial charge on any atom is -0.496 e. The van der Waals surface area contributed by atoms with Gasteiger partial charge in [-0.15, -0.1) is 0 Å². The molecule has 20 heavy (non-hydrogen) atoms. The van der Waals surface area contributed by atoms with Crippen LogP contribution in [0, 0.1) is 6.92 Å². The molecule has 1 aromatic carbocycles. The van der Waals surface area contributed by atoms with Crippen molar-refractivity contribution in [3.05, 3.63) is 29.3 Å². The lowest BCUT2D eigenvalue weighted by molar-refractivity contribution is 0.237. The van der Waals surface area contributed by atoms with Crippen molar-refractivity contribution in [2.45, 2.75) is 45.1 Å². The van der Waals surface area contributed by atoms with Gasteiger partial charge < -0.3 is 15.4 Å². The smallest absolute Gasteiger partial charge is 0.315 e. The number of carbonyl (C=O) groups excluding carboxylic acids is 1. The molecule has 1 saturated carbocycles. The van der Waals surface area contributed by atoms with Crippen molar-refractivity contribution >= 4 is 6.03 Å². The van der Waals surface area contributed by atoms with E-state index in [-0.39, 0.29) is 6.03 Å². The lowest BCUT2D eigenvalue weighted by atomic mass is 10.1. The molecule has 0 aliphatic heterocycles. The van der Waals surface area contributed by atoms with Gasteiger partial charge in [0.2, 0.25) is 0 Å². The van der Waals surface area contributed by atoms with Crippen molar-refractivity contribution in [3.8, 4) is 5.75 Å². The number of rotatable bonds is 5. The van der Waals surface area contributed by atoms with Crippen LogP contribution in [0.4, 0.5) is 4.79 Å². The molecule has 2 amide bonds. The molecule has 0 saturated heterocycles. The maximum Gasteiger partial charge on any atom is 0.315 e. The Bertz CT molecular complexity index is 454. The van der Waals surface area contributed by atoms with Gasteiger partial charge in [0.25, 0.3) is 0 Å². The fraction of sp³-hybridized carbons (Fsp3) is 0.562. The molecule has 1 aliphatic carbocycles. The zero-order valence-electron chi connectivity index (χ0n) is 12.4. The number of benzene rings is 1. The Kier molecular flexibility index (Phi) is 5.27. The van der Waals surface area contributed by atoms with Crippen LogP contribution in [0.2, 0.25) is 0 Å². The maximum atomic E-state index is 11.8. The molecule has 0 aromatic heterocycles. The highest BCUT2D eigenvalue weighted by Gasteiger charge is 2.16. The molecule has 1 aromatic rings. The Balaban J connectivity index is 1.77. The first-order valence-electron chi connectivity index (χ1n) is 7.37. The molecule has 4 nitrogen and oxygen atoms in total. The topological polar surface area (TPSA) is 50.4 Å². The van der Waals surface area contributed by atoms with E-state index in [4.69, 9.17) is 4.74 Å². The van der Waals surface area contributed by atoms with E-state index in [0.717, 1.165) is 30.6 Å². The third kappa shape index (κ3) is 4.15. The number of urea groups is 1. The number of carbonyl (C=O) groups is 1. The molecule has 1 fully saturated rings. The van der Waals surface area contributed by atoms with Crippen LogP contribution in [0.25, 0.3) is 0 Å². The van der Waals surface area contributed by atoms with Gasteiger partial charge in [-0.2, -0.15) is 0 Å². The summed E-state index contributed by atoms with van der Waals surface area (Å²) in [4.78, 5) is 11.8. The zero-order valence-corrected chi connectivity index (χ0v) is 12.4. The molecule has 0 heterocycles. The maximum absolute atomic E-state index is 11.8. The van der Waals surface area contributed by atoms with Crippen molar-refractivity contribution in [1.29, 1.82) is 0 Å². The average Bonchev–Trinajstić information content (AvgIpc) is 2.92. The molecule has 2 N–H and O–H groups in total. The lowest BCUT2D eigenvalue weighted by Gasteiger charge is -2.14. The van der Waals surface area contributed by atoms with Gasteiger partial charge in [-0.3, -0.25) is 0 Å². The van der Waals surface area contributed by atoms with Gasteiger partial charge in [-0.25, -0.2) is 4.79 Å². The Hall–Kier alpha value is -1.71. The standard InChI is InChI=1S/C16H24N2O2/c1-12-7-8-15(20-2)13(11-12)9-10-17-16(19)18-14-5-3-4-6-14/h7-8,11,14H,3-6,9-10H2,1-2H3,(H2,17,18,19). The number of amides is 2. The van der Waals surface area contributed by atoms with Gasteiger partial charge >= 0.3 is 6.03 Å². The molecular weight excluding hydrogens is 252 g/mol. The highest BCUT2D eigenvalue weighted by atomic mass is 16.5. The van der Waals surface area contributed by atoms with Crippen LogP contribution in [0.1, 0.15) is 36.8 Å². The number of methoxy groups -OCH3 is 1. The Labute approximate surface area is 120 Å². The minimum atomic E-state index is -0.0523. The van der Waals surface area contributed by atoms with Crippen LogP contribution >= 0.6 is 0 Å². The van der Waals surface area contributed by atoms with Crippen molar-refractivity contribution in [3.63, 3.8) is 0 Å². The van der Waals surface area contributed by atoms with E-state index in [2.05, 4.69) is 23.6 Å². The monoisotopic (exact) mass is 276 g/mol. The van der Waals surface area contributed by atoms with Crippen LogP contribution in [-0.2, 0) is 6.42 Å². The number of nitrogens with one attached hydrogen (secondary N) is 2. The number of aryl methyl sites for hydroxylation is 1. The average molecular weight is 276 g/mol. The summed E-state index contributed by atoms with van der Waals surface area (Å²) < 4.78 is 5.34. The summed E-state index contributed by atoms with van der Waals surface area (Å²) in [5.74, 6) is 0.883.